The highest BCUT2D eigenvalue weighted by Crippen LogP contribution is 2.73. The zero-order valence-corrected chi connectivity index (χ0v) is 21.6. The molecule has 0 aromatic carbocycles. The summed E-state index contributed by atoms with van der Waals surface area (Å²) < 4.78 is 0. The lowest BCUT2D eigenvalue weighted by Gasteiger charge is -2.57. The van der Waals surface area contributed by atoms with E-state index in [-0.39, 0.29) is 28.3 Å². The number of aliphatic hydroxyl groups is 1. The van der Waals surface area contributed by atoms with Crippen molar-refractivity contribution in [2.75, 3.05) is 0 Å². The molecular formula is C29H46O3. The normalized spacial score (nSPS) is 45.0. The Bertz CT molecular complexity index is 850. The predicted molar refractivity (Wildman–Crippen MR) is 130 cm³/mol. The van der Waals surface area contributed by atoms with Gasteiger partial charge in [-0.2, -0.15) is 0 Å². The number of carboxylic acids is 1. The van der Waals surface area contributed by atoms with Gasteiger partial charge in [0.15, 0.2) is 0 Å². The molecule has 180 valence electrons. The van der Waals surface area contributed by atoms with Gasteiger partial charge in [-0.25, -0.2) is 0 Å². The van der Waals surface area contributed by atoms with Crippen LogP contribution in [0.4, 0.5) is 0 Å². The Labute approximate surface area is 195 Å². The van der Waals surface area contributed by atoms with Gasteiger partial charge in [0.05, 0.1) is 11.5 Å². The van der Waals surface area contributed by atoms with E-state index >= 15 is 0 Å². The van der Waals surface area contributed by atoms with Gasteiger partial charge >= 0.3 is 5.97 Å². The molecule has 0 bridgehead atoms. The van der Waals surface area contributed by atoms with Crippen LogP contribution >= 0.6 is 0 Å². The highest BCUT2D eigenvalue weighted by Gasteiger charge is 2.65. The standard InChI is InChI=1S/C29H46O3/c1-18(2)8-10-23(30)19(3)20-12-14-29(7)22-9-11-24-26(4,16-17-27(24,5)25(31)32)21(22)13-15-28(20,29)6/h8,19-20,23-24,30H,9-17H2,1-7H3,(H,31,32)/t19-,20+,23-,24+,26+,27+,28+,29-/m0/s1. The fourth-order valence-corrected chi connectivity index (χ4v) is 9.14. The summed E-state index contributed by atoms with van der Waals surface area (Å²) in [6, 6.07) is 0. The van der Waals surface area contributed by atoms with Gasteiger partial charge in [0, 0.05) is 0 Å². The summed E-state index contributed by atoms with van der Waals surface area (Å²) in [4.78, 5) is 12.2. The second-order valence-corrected chi connectivity index (χ2v) is 13.0. The predicted octanol–water partition coefficient (Wildman–Crippen LogP) is 7.15. The Hall–Kier alpha value is -1.09. The molecule has 32 heavy (non-hydrogen) atoms. The number of aliphatic hydroxyl groups excluding tert-OH is 1. The third-order valence-electron chi connectivity index (χ3n) is 11.5. The van der Waals surface area contributed by atoms with Crippen LogP contribution in [0.1, 0.15) is 106 Å². The van der Waals surface area contributed by atoms with Gasteiger partial charge < -0.3 is 10.2 Å². The van der Waals surface area contributed by atoms with Crippen LogP contribution in [-0.4, -0.2) is 22.3 Å². The molecule has 0 unspecified atom stereocenters. The smallest absolute Gasteiger partial charge is 0.309 e. The number of hydrogen-bond acceptors (Lipinski definition) is 2. The van der Waals surface area contributed by atoms with Crippen LogP contribution in [0.25, 0.3) is 0 Å². The van der Waals surface area contributed by atoms with E-state index in [0.717, 1.165) is 38.5 Å². The van der Waals surface area contributed by atoms with E-state index in [9.17, 15) is 15.0 Å². The van der Waals surface area contributed by atoms with Gasteiger partial charge in [-0.3, -0.25) is 4.79 Å². The zero-order chi connectivity index (χ0) is 23.7. The first-order valence-electron chi connectivity index (χ1n) is 13.1. The van der Waals surface area contributed by atoms with Crippen molar-refractivity contribution >= 4 is 5.97 Å². The second kappa shape index (κ2) is 7.72. The average Bonchev–Trinajstić information content (AvgIpc) is 3.17. The number of fused-ring (bicyclic) bond motifs is 4. The Morgan fingerprint density at radius 3 is 2.34 bits per heavy atom. The van der Waals surface area contributed by atoms with Crippen molar-refractivity contribution in [2.45, 2.75) is 112 Å². The molecule has 0 heterocycles. The van der Waals surface area contributed by atoms with Crippen molar-refractivity contribution in [1.29, 1.82) is 0 Å². The van der Waals surface area contributed by atoms with Crippen LogP contribution in [0, 0.1) is 39.4 Å². The number of aliphatic carboxylic acids is 1. The van der Waals surface area contributed by atoms with Gasteiger partial charge in [-0.05, 0) is 113 Å². The monoisotopic (exact) mass is 442 g/mol. The van der Waals surface area contributed by atoms with Gasteiger partial charge in [-0.15, -0.1) is 0 Å². The molecule has 2 saturated carbocycles. The molecule has 0 aliphatic heterocycles. The van der Waals surface area contributed by atoms with Crippen molar-refractivity contribution in [2.24, 2.45) is 39.4 Å². The fourth-order valence-electron chi connectivity index (χ4n) is 9.14. The summed E-state index contributed by atoms with van der Waals surface area (Å²) in [5, 5.41) is 21.1. The maximum absolute atomic E-state index is 12.2. The molecule has 0 spiro atoms. The van der Waals surface area contributed by atoms with Crippen LogP contribution < -0.4 is 0 Å². The highest BCUT2D eigenvalue weighted by atomic mass is 16.4. The molecule has 4 rings (SSSR count). The molecular weight excluding hydrogens is 396 g/mol. The fraction of sp³-hybridized carbons (Fsp3) is 0.828. The summed E-state index contributed by atoms with van der Waals surface area (Å²) in [6.07, 6.45) is 11.3. The minimum absolute atomic E-state index is 0.0533. The topological polar surface area (TPSA) is 57.5 Å². The van der Waals surface area contributed by atoms with Crippen LogP contribution in [-0.2, 0) is 4.79 Å². The largest absolute Gasteiger partial charge is 0.481 e. The van der Waals surface area contributed by atoms with Crippen LogP contribution in [0.15, 0.2) is 22.8 Å². The summed E-state index contributed by atoms with van der Waals surface area (Å²) in [6.45, 7) is 15.9. The van der Waals surface area contributed by atoms with E-state index < -0.39 is 11.4 Å². The number of allylic oxidation sites excluding steroid dienone is 3. The van der Waals surface area contributed by atoms with E-state index in [4.69, 9.17) is 0 Å². The van der Waals surface area contributed by atoms with Gasteiger partial charge in [0.25, 0.3) is 0 Å². The maximum atomic E-state index is 12.2. The minimum Gasteiger partial charge on any atom is -0.481 e. The molecule has 2 N–H and O–H groups in total. The number of hydrogen-bond donors (Lipinski definition) is 2. The van der Waals surface area contributed by atoms with Gasteiger partial charge in [0.2, 0.25) is 0 Å². The van der Waals surface area contributed by atoms with E-state index in [2.05, 4.69) is 47.6 Å². The molecule has 3 nitrogen and oxygen atoms in total. The molecule has 0 saturated heterocycles. The van der Waals surface area contributed by atoms with Crippen molar-refractivity contribution in [3.8, 4) is 0 Å². The summed E-state index contributed by atoms with van der Waals surface area (Å²) >= 11 is 0. The number of carboxylic acid groups (broad SMARTS) is 1. The van der Waals surface area contributed by atoms with Gasteiger partial charge in [0.1, 0.15) is 0 Å². The average molecular weight is 443 g/mol. The molecule has 0 aromatic heterocycles. The molecule has 8 atom stereocenters. The Kier molecular flexibility index (Phi) is 5.80. The van der Waals surface area contributed by atoms with E-state index in [1.54, 1.807) is 11.1 Å². The van der Waals surface area contributed by atoms with Crippen LogP contribution in [0.2, 0.25) is 0 Å². The molecule has 0 aromatic rings. The lowest BCUT2D eigenvalue weighted by atomic mass is 9.47. The Morgan fingerprint density at radius 1 is 1.03 bits per heavy atom. The van der Waals surface area contributed by atoms with Crippen molar-refractivity contribution in [3.05, 3.63) is 22.8 Å². The maximum Gasteiger partial charge on any atom is 0.309 e. The third kappa shape index (κ3) is 3.12. The van der Waals surface area contributed by atoms with Crippen LogP contribution in [0.5, 0.6) is 0 Å². The summed E-state index contributed by atoms with van der Waals surface area (Å²) in [5.41, 5.74) is 4.49. The molecule has 3 heteroatoms. The van der Waals surface area contributed by atoms with Crippen molar-refractivity contribution < 1.29 is 15.0 Å². The van der Waals surface area contributed by atoms with E-state index in [1.807, 2.05) is 6.92 Å². The highest BCUT2D eigenvalue weighted by molar-refractivity contribution is 5.75. The lowest BCUT2D eigenvalue weighted by Crippen LogP contribution is -2.49. The van der Waals surface area contributed by atoms with Crippen molar-refractivity contribution in [3.63, 3.8) is 0 Å². The second-order valence-electron chi connectivity index (χ2n) is 13.0. The number of carbonyl (C=O) groups is 1. The third-order valence-corrected chi connectivity index (χ3v) is 11.5. The Balaban J connectivity index is 1.66. The molecule has 0 amide bonds. The SMILES string of the molecule is CC(C)=CC[C@H](O)[C@@H](C)[C@H]1CC[C@@]2(C)C3=C(CC[C@]12C)[C@@]1(C)CC[C@@](C)(C(=O)O)[C@@H]1CC3. The van der Waals surface area contributed by atoms with E-state index in [1.165, 1.54) is 24.8 Å². The zero-order valence-electron chi connectivity index (χ0n) is 21.6. The molecule has 4 aliphatic rings. The first-order valence-corrected chi connectivity index (χ1v) is 13.1. The van der Waals surface area contributed by atoms with Crippen LogP contribution in [0.3, 0.4) is 0 Å². The number of rotatable bonds is 5. The van der Waals surface area contributed by atoms with Gasteiger partial charge in [-0.1, -0.05) is 50.5 Å². The van der Waals surface area contributed by atoms with Crippen molar-refractivity contribution in [1.82, 2.24) is 0 Å². The molecule has 2 fully saturated rings. The first kappa shape index (κ1) is 24.0. The minimum atomic E-state index is -0.595. The Morgan fingerprint density at radius 2 is 1.72 bits per heavy atom. The summed E-state index contributed by atoms with van der Waals surface area (Å²) in [7, 11) is 0. The molecule has 0 radical (unpaired) electrons. The quantitative estimate of drug-likeness (QED) is 0.444. The molecule has 4 aliphatic carbocycles. The lowest BCUT2D eigenvalue weighted by molar-refractivity contribution is -0.151. The van der Waals surface area contributed by atoms with E-state index in [0.29, 0.717) is 11.8 Å². The summed E-state index contributed by atoms with van der Waals surface area (Å²) in [5.74, 6) is 0.511. The first-order chi connectivity index (χ1) is 14.8.